The van der Waals surface area contributed by atoms with Gasteiger partial charge in [-0.1, -0.05) is 20.8 Å². The van der Waals surface area contributed by atoms with E-state index in [0.29, 0.717) is 11.3 Å². The Bertz CT molecular complexity index is 604. The molecule has 1 heterocycles. The van der Waals surface area contributed by atoms with E-state index in [9.17, 15) is 0 Å². The van der Waals surface area contributed by atoms with Crippen LogP contribution in [0.5, 0.6) is 17.5 Å². The summed E-state index contributed by atoms with van der Waals surface area (Å²) in [4.78, 5) is 8.17. The zero-order valence-electron chi connectivity index (χ0n) is 12.8. The third-order valence-electron chi connectivity index (χ3n) is 3.06. The van der Waals surface area contributed by atoms with Gasteiger partial charge >= 0.3 is 6.01 Å². The summed E-state index contributed by atoms with van der Waals surface area (Å²) < 4.78 is 11.0. The van der Waals surface area contributed by atoms with Crippen LogP contribution in [0.2, 0.25) is 0 Å². The Morgan fingerprint density at radius 2 is 1.81 bits per heavy atom. The molecule has 5 nitrogen and oxygen atoms in total. The molecule has 112 valence electrons. The van der Waals surface area contributed by atoms with E-state index in [0.717, 1.165) is 11.3 Å². The number of methoxy groups -OCH3 is 1. The lowest BCUT2D eigenvalue weighted by atomic mass is 9.86. The Morgan fingerprint density at radius 3 is 2.33 bits per heavy atom. The van der Waals surface area contributed by atoms with E-state index in [1.807, 2.05) is 18.2 Å². The summed E-state index contributed by atoms with van der Waals surface area (Å²) in [5, 5.41) is 8.99. The first-order valence-corrected chi connectivity index (χ1v) is 6.72. The first kappa shape index (κ1) is 15.3. The molecule has 21 heavy (non-hydrogen) atoms. The van der Waals surface area contributed by atoms with Gasteiger partial charge < -0.3 is 14.6 Å². The van der Waals surface area contributed by atoms with Gasteiger partial charge in [0.1, 0.15) is 11.5 Å². The van der Waals surface area contributed by atoms with Crippen molar-refractivity contribution < 1.29 is 14.6 Å². The van der Waals surface area contributed by atoms with Crippen molar-refractivity contribution in [1.82, 2.24) is 9.97 Å². The van der Waals surface area contributed by atoms with Gasteiger partial charge in [-0.3, -0.25) is 0 Å². The molecule has 0 aliphatic heterocycles. The van der Waals surface area contributed by atoms with E-state index in [1.54, 1.807) is 19.5 Å². The van der Waals surface area contributed by atoms with Crippen molar-refractivity contribution in [2.24, 2.45) is 0 Å². The largest absolute Gasteiger partial charge is 0.497 e. The molecule has 0 atom stereocenters. The maximum absolute atomic E-state index is 8.99. The minimum atomic E-state index is -0.102. The summed E-state index contributed by atoms with van der Waals surface area (Å²) in [6, 6.07) is 5.90. The number of hydrogen-bond acceptors (Lipinski definition) is 5. The smallest absolute Gasteiger partial charge is 0.321 e. The summed E-state index contributed by atoms with van der Waals surface area (Å²) >= 11 is 0. The van der Waals surface area contributed by atoms with Crippen LogP contribution in [0.4, 0.5) is 0 Å². The van der Waals surface area contributed by atoms with Crippen molar-refractivity contribution in [3.05, 3.63) is 41.7 Å². The summed E-state index contributed by atoms with van der Waals surface area (Å²) in [7, 11) is 1.64. The minimum Gasteiger partial charge on any atom is -0.497 e. The molecule has 2 rings (SSSR count). The lowest BCUT2D eigenvalue weighted by Crippen LogP contribution is -2.13. The second-order valence-electron chi connectivity index (χ2n) is 5.75. The normalized spacial score (nSPS) is 11.3. The molecule has 2 aromatic rings. The number of hydrogen-bond donors (Lipinski definition) is 1. The molecule has 1 aromatic heterocycles. The molecule has 1 N–H and O–H groups in total. The third kappa shape index (κ3) is 3.70. The van der Waals surface area contributed by atoms with E-state index >= 15 is 0 Å². The van der Waals surface area contributed by atoms with Crippen LogP contribution < -0.4 is 9.47 Å². The number of aromatic nitrogens is 2. The van der Waals surface area contributed by atoms with Crippen molar-refractivity contribution in [3.63, 3.8) is 0 Å². The summed E-state index contributed by atoms with van der Waals surface area (Å²) in [6.07, 6.45) is 3.09. The topological polar surface area (TPSA) is 64.5 Å². The average molecular weight is 288 g/mol. The zero-order valence-corrected chi connectivity index (χ0v) is 12.8. The minimum absolute atomic E-state index is 0.0872. The van der Waals surface area contributed by atoms with Crippen LogP contribution in [0.3, 0.4) is 0 Å². The molecule has 0 saturated heterocycles. The lowest BCUT2D eigenvalue weighted by molar-refractivity contribution is 0.280. The Kier molecular flexibility index (Phi) is 4.43. The summed E-state index contributed by atoms with van der Waals surface area (Å²) in [5.74, 6) is 1.48. The monoisotopic (exact) mass is 288 g/mol. The van der Waals surface area contributed by atoms with Gasteiger partial charge in [0.05, 0.1) is 13.7 Å². The van der Waals surface area contributed by atoms with Gasteiger partial charge in [-0.15, -0.1) is 0 Å². The van der Waals surface area contributed by atoms with Crippen LogP contribution in [0, 0.1) is 0 Å². The Morgan fingerprint density at radius 1 is 1.14 bits per heavy atom. The average Bonchev–Trinajstić information content (AvgIpc) is 2.47. The highest BCUT2D eigenvalue weighted by Crippen LogP contribution is 2.35. The predicted molar refractivity (Wildman–Crippen MR) is 79.7 cm³/mol. The maximum Gasteiger partial charge on any atom is 0.321 e. The van der Waals surface area contributed by atoms with Crippen LogP contribution in [0.15, 0.2) is 30.6 Å². The molecule has 0 radical (unpaired) electrons. The van der Waals surface area contributed by atoms with Crippen LogP contribution >= 0.6 is 0 Å². The fourth-order valence-corrected chi connectivity index (χ4v) is 1.89. The molecule has 5 heteroatoms. The van der Waals surface area contributed by atoms with Crippen molar-refractivity contribution in [2.75, 3.05) is 7.11 Å². The van der Waals surface area contributed by atoms with E-state index in [1.165, 1.54) is 0 Å². The van der Waals surface area contributed by atoms with Crippen molar-refractivity contribution in [2.45, 2.75) is 32.8 Å². The van der Waals surface area contributed by atoms with Crippen LogP contribution in [0.25, 0.3) is 0 Å². The first-order valence-electron chi connectivity index (χ1n) is 6.72. The van der Waals surface area contributed by atoms with Crippen LogP contribution in [-0.4, -0.2) is 22.2 Å². The molecule has 0 bridgehead atoms. The maximum atomic E-state index is 8.99. The van der Waals surface area contributed by atoms with Gasteiger partial charge in [-0.05, 0) is 23.6 Å². The van der Waals surface area contributed by atoms with Gasteiger partial charge in [0.15, 0.2) is 0 Å². The molecular formula is C16H20N2O3. The highest BCUT2D eigenvalue weighted by molar-refractivity contribution is 5.45. The second-order valence-corrected chi connectivity index (χ2v) is 5.75. The molecule has 0 aliphatic carbocycles. The summed E-state index contributed by atoms with van der Waals surface area (Å²) in [6.45, 7) is 6.22. The number of rotatable bonds is 4. The summed E-state index contributed by atoms with van der Waals surface area (Å²) in [5.41, 5.74) is 1.55. The predicted octanol–water partition coefficient (Wildman–Crippen LogP) is 3.07. The zero-order chi connectivity index (χ0) is 15.5. The number of benzene rings is 1. The SMILES string of the molecule is COc1ccc(Oc2ncc(CO)cn2)c(C(C)(C)C)c1. The van der Waals surface area contributed by atoms with Gasteiger partial charge in [-0.25, -0.2) is 9.97 Å². The van der Waals surface area contributed by atoms with Gasteiger partial charge in [0.25, 0.3) is 0 Å². The molecule has 0 unspecified atom stereocenters. The van der Waals surface area contributed by atoms with E-state index in [-0.39, 0.29) is 18.0 Å². The van der Waals surface area contributed by atoms with Crippen molar-refractivity contribution >= 4 is 0 Å². The molecule has 0 saturated carbocycles. The first-order chi connectivity index (χ1) is 9.94. The highest BCUT2D eigenvalue weighted by atomic mass is 16.5. The molecule has 0 aliphatic rings. The highest BCUT2D eigenvalue weighted by Gasteiger charge is 2.21. The van der Waals surface area contributed by atoms with Crippen molar-refractivity contribution in [1.29, 1.82) is 0 Å². The molecule has 0 spiro atoms. The fraction of sp³-hybridized carbons (Fsp3) is 0.375. The molecule has 0 fully saturated rings. The quantitative estimate of drug-likeness (QED) is 0.936. The number of nitrogens with zero attached hydrogens (tertiary/aromatic N) is 2. The van der Waals surface area contributed by atoms with Gasteiger partial charge in [0, 0.05) is 23.5 Å². The molecule has 1 aromatic carbocycles. The standard InChI is InChI=1S/C16H20N2O3/c1-16(2,3)13-7-12(20-4)5-6-14(13)21-15-17-8-11(10-19)9-18-15/h5-9,19H,10H2,1-4H3. The fourth-order valence-electron chi connectivity index (χ4n) is 1.89. The number of ether oxygens (including phenoxy) is 2. The molecular weight excluding hydrogens is 268 g/mol. The second kappa shape index (κ2) is 6.10. The number of aliphatic hydroxyl groups excluding tert-OH is 1. The lowest BCUT2D eigenvalue weighted by Gasteiger charge is -2.22. The Hall–Kier alpha value is -2.14. The Balaban J connectivity index is 2.34. The molecule has 0 amide bonds. The van der Waals surface area contributed by atoms with Crippen LogP contribution in [-0.2, 0) is 12.0 Å². The Labute approximate surface area is 124 Å². The number of aliphatic hydroxyl groups is 1. The van der Waals surface area contributed by atoms with E-state index in [4.69, 9.17) is 14.6 Å². The van der Waals surface area contributed by atoms with Gasteiger partial charge in [0.2, 0.25) is 0 Å². The van der Waals surface area contributed by atoms with Crippen molar-refractivity contribution in [3.8, 4) is 17.5 Å². The van der Waals surface area contributed by atoms with Crippen LogP contribution in [0.1, 0.15) is 31.9 Å². The third-order valence-corrected chi connectivity index (χ3v) is 3.06. The van der Waals surface area contributed by atoms with E-state index < -0.39 is 0 Å². The van der Waals surface area contributed by atoms with E-state index in [2.05, 4.69) is 30.7 Å². The van der Waals surface area contributed by atoms with Gasteiger partial charge in [-0.2, -0.15) is 0 Å².